The van der Waals surface area contributed by atoms with Gasteiger partial charge in [-0.25, -0.2) is 20.1 Å². The maximum atomic E-state index is 4.72. The van der Waals surface area contributed by atoms with Crippen LogP contribution in [0.15, 0.2) is 91.5 Å². The molecule has 9 heteroatoms. The molecule has 0 saturated carbocycles. The predicted molar refractivity (Wildman–Crippen MR) is 147 cm³/mol. The monoisotopic (exact) mass is 501 g/mol. The Labute approximate surface area is 220 Å². The van der Waals surface area contributed by atoms with E-state index in [4.69, 9.17) is 4.98 Å². The number of benzene rings is 3. The Morgan fingerprint density at radius 1 is 0.816 bits per heavy atom. The van der Waals surface area contributed by atoms with Crippen molar-refractivity contribution >= 4 is 17.0 Å². The van der Waals surface area contributed by atoms with Crippen molar-refractivity contribution in [1.82, 2.24) is 40.1 Å². The summed E-state index contributed by atoms with van der Waals surface area (Å²) in [6, 6.07) is 27.1. The third-order valence-electron chi connectivity index (χ3n) is 6.54. The summed E-state index contributed by atoms with van der Waals surface area (Å²) in [5.41, 5.74) is 7.20. The zero-order valence-electron chi connectivity index (χ0n) is 21.1. The molecule has 0 aliphatic heterocycles. The molecule has 3 aromatic heterocycles. The van der Waals surface area contributed by atoms with Crippen LogP contribution in [0.2, 0.25) is 0 Å². The highest BCUT2D eigenvalue weighted by molar-refractivity contribution is 5.83. The van der Waals surface area contributed by atoms with Gasteiger partial charge in [-0.3, -0.25) is 0 Å². The first kappa shape index (κ1) is 23.5. The standard InChI is InChI=1S/C29H27N9/c1-2-16-37(28-26-29(31-19-30-28)38(20-32-26)18-21-8-4-3-5-9-21)17-22-12-14-23(15-13-22)24-10-6-7-11-25(24)27-33-35-36-34-27/h3-15,19-20H,2,16-18H2,1H3,(H,33,34,35,36). The molecule has 0 radical (unpaired) electrons. The smallest absolute Gasteiger partial charge is 0.180 e. The van der Waals surface area contributed by atoms with Gasteiger partial charge < -0.3 is 9.47 Å². The van der Waals surface area contributed by atoms with Crippen LogP contribution in [0.5, 0.6) is 0 Å². The van der Waals surface area contributed by atoms with Crippen LogP contribution in [-0.4, -0.2) is 46.7 Å². The quantitative estimate of drug-likeness (QED) is 0.293. The summed E-state index contributed by atoms with van der Waals surface area (Å²) in [6.07, 6.45) is 4.49. The minimum atomic E-state index is 0.651. The van der Waals surface area contributed by atoms with Gasteiger partial charge in [0.05, 0.1) is 12.9 Å². The second-order valence-electron chi connectivity index (χ2n) is 9.14. The van der Waals surface area contributed by atoms with Crippen molar-refractivity contribution < 1.29 is 0 Å². The lowest BCUT2D eigenvalue weighted by Gasteiger charge is -2.23. The third kappa shape index (κ3) is 4.73. The summed E-state index contributed by atoms with van der Waals surface area (Å²) in [5, 5.41) is 14.4. The molecular formula is C29H27N9. The first-order valence-corrected chi connectivity index (χ1v) is 12.7. The molecule has 6 rings (SSSR count). The van der Waals surface area contributed by atoms with Crippen LogP contribution in [0, 0.1) is 0 Å². The first-order chi connectivity index (χ1) is 18.8. The van der Waals surface area contributed by atoms with Crippen molar-refractivity contribution in [1.29, 1.82) is 0 Å². The predicted octanol–water partition coefficient (Wildman–Crippen LogP) is 5.14. The van der Waals surface area contributed by atoms with Gasteiger partial charge in [-0.05, 0) is 39.1 Å². The van der Waals surface area contributed by atoms with E-state index in [0.717, 1.165) is 53.2 Å². The average molecular weight is 502 g/mol. The van der Waals surface area contributed by atoms with Gasteiger partial charge in [0.15, 0.2) is 22.8 Å². The number of hydrogen-bond donors (Lipinski definition) is 1. The lowest BCUT2D eigenvalue weighted by Crippen LogP contribution is -2.25. The molecule has 0 aliphatic carbocycles. The summed E-state index contributed by atoms with van der Waals surface area (Å²) in [4.78, 5) is 16.2. The van der Waals surface area contributed by atoms with Crippen LogP contribution < -0.4 is 4.90 Å². The van der Waals surface area contributed by atoms with Crippen molar-refractivity contribution in [3.8, 4) is 22.5 Å². The van der Waals surface area contributed by atoms with Crippen molar-refractivity contribution in [3.63, 3.8) is 0 Å². The van der Waals surface area contributed by atoms with Crippen molar-refractivity contribution in [3.05, 3.63) is 103 Å². The number of nitrogens with one attached hydrogen (secondary N) is 1. The maximum absolute atomic E-state index is 4.72. The number of aromatic amines is 1. The van der Waals surface area contributed by atoms with Crippen molar-refractivity contribution in [2.24, 2.45) is 0 Å². The van der Waals surface area contributed by atoms with Gasteiger partial charge in [0.25, 0.3) is 0 Å². The Morgan fingerprint density at radius 2 is 1.61 bits per heavy atom. The van der Waals surface area contributed by atoms with Crippen LogP contribution in [-0.2, 0) is 13.1 Å². The van der Waals surface area contributed by atoms with E-state index in [1.165, 1.54) is 11.1 Å². The zero-order chi connectivity index (χ0) is 25.7. The highest BCUT2D eigenvalue weighted by Crippen LogP contribution is 2.30. The molecule has 0 atom stereocenters. The minimum absolute atomic E-state index is 0.651. The Balaban J connectivity index is 1.27. The van der Waals surface area contributed by atoms with Crippen LogP contribution in [0.1, 0.15) is 24.5 Å². The zero-order valence-corrected chi connectivity index (χ0v) is 21.1. The van der Waals surface area contributed by atoms with Crippen LogP contribution in [0.25, 0.3) is 33.7 Å². The molecule has 6 aromatic rings. The summed E-state index contributed by atoms with van der Waals surface area (Å²) < 4.78 is 2.08. The van der Waals surface area contributed by atoms with Gasteiger partial charge in [-0.15, -0.1) is 5.10 Å². The molecule has 9 nitrogen and oxygen atoms in total. The summed E-state index contributed by atoms with van der Waals surface area (Å²) in [5.74, 6) is 1.51. The first-order valence-electron chi connectivity index (χ1n) is 12.7. The number of fused-ring (bicyclic) bond motifs is 1. The van der Waals surface area contributed by atoms with E-state index >= 15 is 0 Å². The van der Waals surface area contributed by atoms with E-state index in [-0.39, 0.29) is 0 Å². The molecule has 0 fully saturated rings. The normalized spacial score (nSPS) is 11.2. The molecule has 0 unspecified atom stereocenters. The highest BCUT2D eigenvalue weighted by Gasteiger charge is 2.17. The molecule has 188 valence electrons. The van der Waals surface area contributed by atoms with Gasteiger partial charge in [-0.1, -0.05) is 85.8 Å². The minimum Gasteiger partial charge on any atom is -0.350 e. The molecule has 0 spiro atoms. The maximum Gasteiger partial charge on any atom is 0.180 e. The van der Waals surface area contributed by atoms with Gasteiger partial charge in [0.1, 0.15) is 6.33 Å². The molecule has 0 amide bonds. The lowest BCUT2D eigenvalue weighted by molar-refractivity contribution is 0.755. The third-order valence-corrected chi connectivity index (χ3v) is 6.54. The second kappa shape index (κ2) is 10.6. The number of H-pyrrole nitrogens is 1. The van der Waals surface area contributed by atoms with E-state index in [2.05, 4.69) is 89.4 Å². The largest absolute Gasteiger partial charge is 0.350 e. The molecule has 0 aliphatic rings. The van der Waals surface area contributed by atoms with Crippen LogP contribution in [0.3, 0.4) is 0 Å². The van der Waals surface area contributed by atoms with E-state index < -0.39 is 0 Å². The van der Waals surface area contributed by atoms with Gasteiger partial charge in [-0.2, -0.15) is 0 Å². The lowest BCUT2D eigenvalue weighted by atomic mass is 9.98. The second-order valence-corrected chi connectivity index (χ2v) is 9.14. The fraction of sp³-hybridized carbons (Fsp3) is 0.172. The Bertz CT molecular complexity index is 1620. The number of rotatable bonds is 9. The number of anilines is 1. The van der Waals surface area contributed by atoms with E-state index in [9.17, 15) is 0 Å². The van der Waals surface area contributed by atoms with E-state index in [0.29, 0.717) is 12.4 Å². The molecule has 3 heterocycles. The summed E-state index contributed by atoms with van der Waals surface area (Å²) >= 11 is 0. The molecule has 0 bridgehead atoms. The topological polar surface area (TPSA) is 101 Å². The molecule has 38 heavy (non-hydrogen) atoms. The van der Waals surface area contributed by atoms with Crippen LogP contribution >= 0.6 is 0 Å². The number of tetrazole rings is 1. The molecular weight excluding hydrogens is 474 g/mol. The molecule has 1 N–H and O–H groups in total. The number of aromatic nitrogens is 8. The van der Waals surface area contributed by atoms with Gasteiger partial charge in [0, 0.05) is 18.7 Å². The average Bonchev–Trinajstić information content (AvgIpc) is 3.65. The summed E-state index contributed by atoms with van der Waals surface area (Å²) in [7, 11) is 0. The van der Waals surface area contributed by atoms with Gasteiger partial charge in [0.2, 0.25) is 0 Å². The van der Waals surface area contributed by atoms with Gasteiger partial charge >= 0.3 is 0 Å². The Hall–Kier alpha value is -4.92. The fourth-order valence-electron chi connectivity index (χ4n) is 4.75. The highest BCUT2D eigenvalue weighted by atomic mass is 15.5. The fourth-order valence-corrected chi connectivity index (χ4v) is 4.75. The SMILES string of the molecule is CCCN(Cc1ccc(-c2ccccc2-c2nnn[nH]2)cc1)c1ncnc2c1ncn2Cc1ccccc1. The Kier molecular flexibility index (Phi) is 6.55. The van der Waals surface area contributed by atoms with E-state index in [1.54, 1.807) is 6.33 Å². The molecule has 0 saturated heterocycles. The number of imidazole rings is 1. The number of hydrogen-bond acceptors (Lipinski definition) is 7. The van der Waals surface area contributed by atoms with Crippen molar-refractivity contribution in [2.75, 3.05) is 11.4 Å². The number of nitrogens with zero attached hydrogens (tertiary/aromatic N) is 8. The molecule has 3 aromatic carbocycles. The summed E-state index contributed by atoms with van der Waals surface area (Å²) in [6.45, 7) is 4.48. The Morgan fingerprint density at radius 3 is 2.37 bits per heavy atom. The van der Waals surface area contributed by atoms with Crippen molar-refractivity contribution in [2.45, 2.75) is 26.4 Å². The van der Waals surface area contributed by atoms with E-state index in [1.807, 2.05) is 42.7 Å². The van der Waals surface area contributed by atoms with Crippen LogP contribution in [0.4, 0.5) is 5.82 Å².